The van der Waals surface area contributed by atoms with Crippen LogP contribution in [0.15, 0.2) is 58.2 Å². The Morgan fingerprint density at radius 1 is 1.09 bits per heavy atom. The van der Waals surface area contributed by atoms with E-state index in [0.29, 0.717) is 28.8 Å². The van der Waals surface area contributed by atoms with Gasteiger partial charge in [0.05, 0.1) is 4.90 Å². The van der Waals surface area contributed by atoms with E-state index in [1.54, 1.807) is 32.0 Å². The summed E-state index contributed by atoms with van der Waals surface area (Å²) in [5.41, 5.74) is 2.59. The van der Waals surface area contributed by atoms with Gasteiger partial charge in [0.15, 0.2) is 0 Å². The van der Waals surface area contributed by atoms with Gasteiger partial charge in [-0.05, 0) is 66.8 Å². The first-order valence-corrected chi connectivity index (χ1v) is 12.3. The van der Waals surface area contributed by atoms with E-state index in [1.807, 2.05) is 6.07 Å². The number of amides is 1. The van der Waals surface area contributed by atoms with Crippen molar-refractivity contribution in [3.05, 3.63) is 98.2 Å². The van der Waals surface area contributed by atoms with Gasteiger partial charge in [-0.3, -0.25) is 9.59 Å². The topological polar surface area (TPSA) is 132 Å². The number of aromatic amines is 1. The lowest BCUT2D eigenvalue weighted by Gasteiger charge is -2.12. The second kappa shape index (κ2) is 11.1. The highest BCUT2D eigenvalue weighted by atomic mass is 32.2. The van der Waals surface area contributed by atoms with E-state index < -0.39 is 21.4 Å². The number of carbonyl (C=O) groups is 1. The lowest BCUT2D eigenvalue weighted by atomic mass is 9.99. The van der Waals surface area contributed by atoms with Gasteiger partial charge in [0.25, 0.3) is 5.56 Å². The fraction of sp³-hybridized carbons (Fsp3) is 0.240. The van der Waals surface area contributed by atoms with Crippen LogP contribution < -0.4 is 15.6 Å². The van der Waals surface area contributed by atoms with Gasteiger partial charge in [0.1, 0.15) is 17.4 Å². The highest BCUT2D eigenvalue weighted by Crippen LogP contribution is 2.16. The summed E-state index contributed by atoms with van der Waals surface area (Å²) in [6.45, 7) is 3.47. The van der Waals surface area contributed by atoms with E-state index in [1.165, 1.54) is 30.3 Å². The molecule has 0 atom stereocenters. The zero-order valence-electron chi connectivity index (χ0n) is 19.3. The number of aromatic nitrogens is 1. The summed E-state index contributed by atoms with van der Waals surface area (Å²) in [4.78, 5) is 26.9. The first-order chi connectivity index (χ1) is 16.6. The number of nitriles is 1. The number of H-pyrrole nitrogens is 1. The van der Waals surface area contributed by atoms with Crippen LogP contribution >= 0.6 is 0 Å². The monoisotopic (exact) mass is 496 g/mol. The van der Waals surface area contributed by atoms with E-state index >= 15 is 0 Å². The number of rotatable bonds is 9. The van der Waals surface area contributed by atoms with Crippen molar-refractivity contribution in [1.29, 1.82) is 5.26 Å². The Kier molecular flexibility index (Phi) is 8.17. The standard InChI is InChI=1S/C25H25FN4O4S/c1-16-22(17(2)30-25(32)23(16)13-27)9-10-24(31)28-14-19-6-4-8-21(12-19)35(33,34)29-15-18-5-3-7-20(26)11-18/h3-8,11-12,29H,9-10,14-15H2,1-2H3,(H,28,31)(H,30,32). The average Bonchev–Trinajstić information content (AvgIpc) is 2.82. The number of benzene rings is 2. The molecule has 0 saturated carbocycles. The minimum Gasteiger partial charge on any atom is -0.352 e. The highest BCUT2D eigenvalue weighted by molar-refractivity contribution is 7.89. The number of carbonyl (C=O) groups excluding carboxylic acids is 1. The van der Waals surface area contributed by atoms with Crippen LogP contribution in [0.5, 0.6) is 0 Å². The molecule has 3 aromatic rings. The Morgan fingerprint density at radius 2 is 1.77 bits per heavy atom. The third kappa shape index (κ3) is 6.62. The fourth-order valence-corrected chi connectivity index (χ4v) is 4.77. The van der Waals surface area contributed by atoms with E-state index in [4.69, 9.17) is 0 Å². The molecule has 0 bridgehead atoms. The van der Waals surface area contributed by atoms with Crippen molar-refractivity contribution in [2.24, 2.45) is 0 Å². The number of halogens is 1. The summed E-state index contributed by atoms with van der Waals surface area (Å²) in [7, 11) is -3.84. The van der Waals surface area contributed by atoms with Gasteiger partial charge in [-0.1, -0.05) is 24.3 Å². The van der Waals surface area contributed by atoms with E-state index in [-0.39, 0.29) is 35.9 Å². The Bertz CT molecular complexity index is 1460. The maximum absolute atomic E-state index is 13.3. The molecule has 0 aliphatic carbocycles. The summed E-state index contributed by atoms with van der Waals surface area (Å²) in [6, 6.07) is 13.7. The summed E-state index contributed by atoms with van der Waals surface area (Å²) in [5.74, 6) is -0.707. The maximum atomic E-state index is 13.3. The smallest absolute Gasteiger partial charge is 0.266 e. The molecule has 0 aliphatic heterocycles. The molecule has 0 unspecified atom stereocenters. The highest BCUT2D eigenvalue weighted by Gasteiger charge is 2.16. The van der Waals surface area contributed by atoms with E-state index in [0.717, 1.165) is 5.56 Å². The molecule has 3 N–H and O–H groups in total. The molecule has 0 fully saturated rings. The first-order valence-electron chi connectivity index (χ1n) is 10.8. The molecular weight excluding hydrogens is 471 g/mol. The Hall–Kier alpha value is -3.81. The number of nitrogens with one attached hydrogen (secondary N) is 3. The summed E-state index contributed by atoms with van der Waals surface area (Å²) < 4.78 is 41.0. The molecule has 10 heteroatoms. The normalized spacial score (nSPS) is 11.1. The minimum atomic E-state index is -3.84. The summed E-state index contributed by atoms with van der Waals surface area (Å²) in [5, 5.41) is 11.9. The van der Waals surface area contributed by atoms with Crippen LogP contribution in [0.4, 0.5) is 4.39 Å². The van der Waals surface area contributed by atoms with E-state index in [9.17, 15) is 27.7 Å². The van der Waals surface area contributed by atoms with Gasteiger partial charge >= 0.3 is 0 Å². The molecule has 2 aromatic carbocycles. The molecule has 1 amide bonds. The molecule has 182 valence electrons. The summed E-state index contributed by atoms with van der Waals surface area (Å²) in [6.07, 6.45) is 0.471. The van der Waals surface area contributed by atoms with Gasteiger partial charge in [-0.25, -0.2) is 17.5 Å². The number of hydrogen-bond acceptors (Lipinski definition) is 5. The predicted molar refractivity (Wildman–Crippen MR) is 128 cm³/mol. The van der Waals surface area contributed by atoms with Crippen molar-refractivity contribution in [3.63, 3.8) is 0 Å². The third-order valence-corrected chi connectivity index (χ3v) is 6.97. The maximum Gasteiger partial charge on any atom is 0.266 e. The van der Waals surface area contributed by atoms with Crippen molar-refractivity contribution in [1.82, 2.24) is 15.0 Å². The molecule has 0 aliphatic rings. The van der Waals surface area contributed by atoms with Crippen molar-refractivity contribution in [3.8, 4) is 6.07 Å². The zero-order valence-corrected chi connectivity index (χ0v) is 20.1. The molecule has 0 saturated heterocycles. The Labute approximate surface area is 202 Å². The molecule has 0 radical (unpaired) electrons. The van der Waals surface area contributed by atoms with Crippen LogP contribution in [-0.4, -0.2) is 19.3 Å². The Balaban J connectivity index is 1.60. The molecule has 3 rings (SSSR count). The van der Waals surface area contributed by atoms with Crippen molar-refractivity contribution >= 4 is 15.9 Å². The van der Waals surface area contributed by atoms with Gasteiger partial charge in [0, 0.05) is 25.2 Å². The molecule has 1 heterocycles. The first kappa shape index (κ1) is 25.8. The molecule has 1 aromatic heterocycles. The van der Waals surface area contributed by atoms with Crippen LogP contribution in [0, 0.1) is 31.0 Å². The molecule has 8 nitrogen and oxygen atoms in total. The van der Waals surface area contributed by atoms with Crippen LogP contribution in [0.25, 0.3) is 0 Å². The average molecular weight is 497 g/mol. The van der Waals surface area contributed by atoms with Crippen LogP contribution in [-0.2, 0) is 34.3 Å². The second-order valence-corrected chi connectivity index (χ2v) is 9.82. The minimum absolute atomic E-state index is 0.0316. The van der Waals surface area contributed by atoms with Gasteiger partial charge in [-0.2, -0.15) is 5.26 Å². The quantitative estimate of drug-likeness (QED) is 0.419. The second-order valence-electron chi connectivity index (χ2n) is 8.05. The number of aryl methyl sites for hydroxylation is 1. The predicted octanol–water partition coefficient (Wildman–Crippen LogP) is 2.73. The van der Waals surface area contributed by atoms with Gasteiger partial charge < -0.3 is 10.3 Å². The Morgan fingerprint density at radius 3 is 2.46 bits per heavy atom. The fourth-order valence-electron chi connectivity index (χ4n) is 3.68. The van der Waals surface area contributed by atoms with E-state index in [2.05, 4.69) is 15.0 Å². The van der Waals surface area contributed by atoms with Crippen molar-refractivity contribution in [2.75, 3.05) is 0 Å². The van der Waals surface area contributed by atoms with Crippen molar-refractivity contribution < 1.29 is 17.6 Å². The third-order valence-electron chi connectivity index (χ3n) is 5.58. The SMILES string of the molecule is Cc1[nH]c(=O)c(C#N)c(C)c1CCC(=O)NCc1cccc(S(=O)(=O)NCc2cccc(F)c2)c1. The van der Waals surface area contributed by atoms with Crippen molar-refractivity contribution in [2.45, 2.75) is 44.7 Å². The van der Waals surface area contributed by atoms with Gasteiger partial charge in [0.2, 0.25) is 15.9 Å². The number of nitrogens with zero attached hydrogens (tertiary/aromatic N) is 1. The lowest BCUT2D eigenvalue weighted by Crippen LogP contribution is -2.25. The lowest BCUT2D eigenvalue weighted by molar-refractivity contribution is -0.121. The zero-order chi connectivity index (χ0) is 25.6. The van der Waals surface area contributed by atoms with Crippen LogP contribution in [0.2, 0.25) is 0 Å². The molecular formula is C25H25FN4O4S. The number of hydrogen-bond donors (Lipinski definition) is 3. The number of sulfonamides is 1. The van der Waals surface area contributed by atoms with Crippen LogP contribution in [0.1, 0.15) is 39.9 Å². The number of pyridine rings is 1. The van der Waals surface area contributed by atoms with Gasteiger partial charge in [-0.15, -0.1) is 0 Å². The summed E-state index contributed by atoms with van der Waals surface area (Å²) >= 11 is 0. The molecule has 0 spiro atoms. The molecule has 35 heavy (non-hydrogen) atoms. The van der Waals surface area contributed by atoms with Crippen LogP contribution in [0.3, 0.4) is 0 Å². The largest absolute Gasteiger partial charge is 0.352 e.